The molecule has 7 heteroatoms. The van der Waals surface area contributed by atoms with Crippen molar-refractivity contribution in [2.45, 2.75) is 19.4 Å². The first-order chi connectivity index (χ1) is 6.99. The van der Waals surface area contributed by atoms with Gasteiger partial charge in [0.1, 0.15) is 0 Å². The summed E-state index contributed by atoms with van der Waals surface area (Å²) in [4.78, 5) is 27.1. The van der Waals surface area contributed by atoms with Crippen LogP contribution in [0.4, 0.5) is 4.69 Å². The Morgan fingerprint density at radius 1 is 1.73 bits per heavy atom. The molecule has 0 aliphatic carbocycles. The predicted molar refractivity (Wildman–Crippen MR) is 54.8 cm³/mol. The average Bonchev–Trinajstić information content (AvgIpc) is 2.51. The Labute approximate surface area is 92.2 Å². The van der Waals surface area contributed by atoms with Crippen molar-refractivity contribution >= 4 is 31.1 Å². The Kier molecular flexibility index (Phi) is 4.02. The third-order valence-corrected chi connectivity index (χ3v) is 3.27. The maximum atomic E-state index is 10.7. The fourth-order valence-electron chi connectivity index (χ4n) is 0.921. The van der Waals surface area contributed by atoms with E-state index in [0.717, 1.165) is 0 Å². The number of nitrogens with two attached hydrogens (primary N) is 1. The summed E-state index contributed by atoms with van der Waals surface area (Å²) in [6.45, 7) is 1.40. The molecular weight excluding hydrogens is 265 g/mol. The van der Waals surface area contributed by atoms with Crippen LogP contribution in [0.1, 0.15) is 12.6 Å². The summed E-state index contributed by atoms with van der Waals surface area (Å²) in [7, 11) is 0. The number of anilines is 1. The molecule has 15 heavy (non-hydrogen) atoms. The molecule has 1 heterocycles. The van der Waals surface area contributed by atoms with Gasteiger partial charge in [-0.1, -0.05) is 0 Å². The Hall–Kier alpha value is -1.17. The van der Waals surface area contributed by atoms with Crippen LogP contribution in [-0.4, -0.2) is 42.5 Å². The normalized spacial score (nSPS) is 12.1. The molecule has 1 atom stereocenters. The first kappa shape index (κ1) is 11.9. The predicted octanol–water partition coefficient (Wildman–Crippen LogP) is -0.949. The molecule has 0 saturated heterocycles. The standard InChI is InChI=1S/C8H11N3O3Se/c1-4(12)10-8-11-5(3-15-8)2-6(9)7(13)14/h3,6H,2,9H2,1H3,(H,13,14)(H,10,11,12). The molecule has 1 unspecified atom stereocenters. The molecule has 0 aromatic carbocycles. The van der Waals surface area contributed by atoms with E-state index in [1.54, 1.807) is 0 Å². The number of carboxylic acid groups (broad SMARTS) is 1. The summed E-state index contributed by atoms with van der Waals surface area (Å²) in [5.74, 6) is -1.22. The van der Waals surface area contributed by atoms with E-state index in [2.05, 4.69) is 10.3 Å². The molecule has 6 nitrogen and oxygen atoms in total. The van der Waals surface area contributed by atoms with Crippen LogP contribution >= 0.6 is 0 Å². The number of carbonyl (C=O) groups excluding carboxylic acids is 1. The van der Waals surface area contributed by atoms with Crippen molar-refractivity contribution in [3.05, 3.63) is 10.6 Å². The summed E-state index contributed by atoms with van der Waals surface area (Å²) in [5.41, 5.74) is 5.99. The zero-order valence-corrected chi connectivity index (χ0v) is 9.77. The molecule has 1 rings (SSSR count). The van der Waals surface area contributed by atoms with E-state index in [0.29, 0.717) is 10.4 Å². The molecule has 82 valence electrons. The number of carboxylic acids is 1. The van der Waals surface area contributed by atoms with Crippen LogP contribution in [0.15, 0.2) is 4.94 Å². The summed E-state index contributed by atoms with van der Waals surface area (Å²) in [6.07, 6.45) is 0.195. The van der Waals surface area contributed by atoms with Crippen LogP contribution in [0.5, 0.6) is 0 Å². The minimum atomic E-state index is -1.05. The van der Waals surface area contributed by atoms with Crippen molar-refractivity contribution in [2.24, 2.45) is 5.73 Å². The van der Waals surface area contributed by atoms with E-state index in [4.69, 9.17) is 10.8 Å². The number of carbonyl (C=O) groups is 2. The second kappa shape index (κ2) is 5.06. The first-order valence-corrected chi connectivity index (χ1v) is 6.04. The van der Waals surface area contributed by atoms with Gasteiger partial charge in [-0.15, -0.1) is 0 Å². The molecule has 1 aromatic heterocycles. The Bertz CT molecular complexity index is 377. The van der Waals surface area contributed by atoms with E-state index >= 15 is 0 Å². The van der Waals surface area contributed by atoms with Gasteiger partial charge in [0.2, 0.25) is 0 Å². The van der Waals surface area contributed by atoms with Crippen LogP contribution in [0.2, 0.25) is 0 Å². The van der Waals surface area contributed by atoms with Gasteiger partial charge >= 0.3 is 91.8 Å². The van der Waals surface area contributed by atoms with Crippen LogP contribution in [-0.2, 0) is 16.0 Å². The molecule has 0 radical (unpaired) electrons. The molecule has 0 fully saturated rings. The van der Waals surface area contributed by atoms with E-state index in [1.807, 2.05) is 4.94 Å². The van der Waals surface area contributed by atoms with Crippen molar-refractivity contribution < 1.29 is 14.7 Å². The van der Waals surface area contributed by atoms with Crippen molar-refractivity contribution in [2.75, 3.05) is 5.32 Å². The molecule has 0 spiro atoms. The van der Waals surface area contributed by atoms with Crippen molar-refractivity contribution in [3.63, 3.8) is 0 Å². The summed E-state index contributed by atoms with van der Waals surface area (Å²) in [5, 5.41) is 11.2. The second-order valence-electron chi connectivity index (χ2n) is 2.97. The molecule has 0 saturated carbocycles. The van der Waals surface area contributed by atoms with Crippen LogP contribution in [0, 0.1) is 0 Å². The van der Waals surface area contributed by atoms with Gasteiger partial charge in [-0.05, 0) is 0 Å². The number of aromatic nitrogens is 1. The summed E-state index contributed by atoms with van der Waals surface area (Å²) < 4.78 is 0.600. The van der Waals surface area contributed by atoms with Gasteiger partial charge in [0.15, 0.2) is 0 Å². The molecule has 0 aliphatic rings. The van der Waals surface area contributed by atoms with Gasteiger partial charge in [0.05, 0.1) is 0 Å². The fraction of sp³-hybridized carbons (Fsp3) is 0.375. The number of nitrogens with one attached hydrogen (secondary N) is 1. The number of nitrogens with zero attached hydrogens (tertiary/aromatic N) is 1. The Morgan fingerprint density at radius 3 is 2.93 bits per heavy atom. The second-order valence-corrected chi connectivity index (χ2v) is 4.77. The summed E-state index contributed by atoms with van der Waals surface area (Å²) in [6, 6.07) is -0.938. The van der Waals surface area contributed by atoms with Gasteiger partial charge in [-0.25, -0.2) is 0 Å². The SMILES string of the molecule is CC(=O)Nc1nc(CC(N)C(=O)O)c[se]1. The number of hydrogen-bond donors (Lipinski definition) is 3. The van der Waals surface area contributed by atoms with Gasteiger partial charge in [0.25, 0.3) is 0 Å². The van der Waals surface area contributed by atoms with Crippen LogP contribution < -0.4 is 11.1 Å². The molecule has 1 aromatic rings. The average molecular weight is 276 g/mol. The molecule has 0 bridgehead atoms. The fourth-order valence-corrected chi connectivity index (χ4v) is 2.54. The third kappa shape index (κ3) is 3.83. The third-order valence-electron chi connectivity index (χ3n) is 1.58. The Balaban J connectivity index is 2.60. The van der Waals surface area contributed by atoms with Gasteiger partial charge in [-0.2, -0.15) is 0 Å². The zero-order chi connectivity index (χ0) is 11.4. The minimum absolute atomic E-state index is 0.0285. The van der Waals surface area contributed by atoms with Crippen molar-refractivity contribution in [1.82, 2.24) is 4.98 Å². The first-order valence-electron chi connectivity index (χ1n) is 4.19. The topological polar surface area (TPSA) is 105 Å². The van der Waals surface area contributed by atoms with Crippen LogP contribution in [0.3, 0.4) is 0 Å². The van der Waals surface area contributed by atoms with Gasteiger partial charge < -0.3 is 0 Å². The molecular formula is C8H11N3O3Se. The van der Waals surface area contributed by atoms with Gasteiger partial charge in [-0.3, -0.25) is 0 Å². The number of rotatable bonds is 4. The van der Waals surface area contributed by atoms with E-state index in [9.17, 15) is 9.59 Å². The molecule has 1 amide bonds. The monoisotopic (exact) mass is 277 g/mol. The van der Waals surface area contributed by atoms with E-state index < -0.39 is 12.0 Å². The van der Waals surface area contributed by atoms with Crippen LogP contribution in [0.25, 0.3) is 0 Å². The van der Waals surface area contributed by atoms with E-state index in [1.165, 1.54) is 6.92 Å². The number of amides is 1. The quantitative estimate of drug-likeness (QED) is 0.615. The van der Waals surface area contributed by atoms with E-state index in [-0.39, 0.29) is 26.8 Å². The maximum absolute atomic E-state index is 10.7. The number of aliphatic carboxylic acids is 1. The molecule has 4 N–H and O–H groups in total. The van der Waals surface area contributed by atoms with Crippen molar-refractivity contribution in [3.8, 4) is 0 Å². The van der Waals surface area contributed by atoms with Gasteiger partial charge in [0, 0.05) is 0 Å². The molecule has 0 aliphatic heterocycles. The number of hydrogen-bond acceptors (Lipinski definition) is 4. The Morgan fingerprint density at radius 2 is 2.40 bits per heavy atom. The summed E-state index contributed by atoms with van der Waals surface area (Å²) >= 11 is -0.0285. The van der Waals surface area contributed by atoms with Crippen molar-refractivity contribution in [1.29, 1.82) is 0 Å². The zero-order valence-electron chi connectivity index (χ0n) is 8.06.